The number of halogens is 1. The molecule has 1 saturated heterocycles. The van der Waals surface area contributed by atoms with Gasteiger partial charge in [-0.3, -0.25) is 19.3 Å². The van der Waals surface area contributed by atoms with E-state index in [0.717, 1.165) is 17.9 Å². The van der Waals surface area contributed by atoms with Gasteiger partial charge in [0.1, 0.15) is 6.54 Å². The van der Waals surface area contributed by atoms with Gasteiger partial charge in [-0.05, 0) is 13.0 Å². The van der Waals surface area contributed by atoms with Crippen molar-refractivity contribution in [2.45, 2.75) is 13.3 Å². The van der Waals surface area contributed by atoms with E-state index in [9.17, 15) is 19.2 Å². The van der Waals surface area contributed by atoms with Gasteiger partial charge in [-0.2, -0.15) is 0 Å². The molecule has 0 aliphatic carbocycles. The van der Waals surface area contributed by atoms with Crippen LogP contribution in [0.1, 0.15) is 13.3 Å². The molecule has 9 heteroatoms. The molecule has 0 aromatic heterocycles. The van der Waals surface area contributed by atoms with Crippen LogP contribution in [0.2, 0.25) is 0 Å². The Morgan fingerprint density at radius 3 is 2.36 bits per heavy atom. The fraction of sp³-hybridized carbons (Fsp3) is 0.538. The molecule has 5 amide bonds. The molecule has 0 spiro atoms. The Balaban J connectivity index is 0.00000441. The molecular formula is C13H21ClN4O4. The smallest absolute Gasteiger partial charge is 0.335 e. The van der Waals surface area contributed by atoms with Crippen molar-refractivity contribution in [2.24, 2.45) is 0 Å². The zero-order valence-electron chi connectivity index (χ0n) is 12.5. The Hall–Kier alpha value is -1.93. The lowest BCUT2D eigenvalue weighted by Crippen LogP contribution is -2.43. The molecule has 0 aromatic carbocycles. The molecule has 0 aromatic rings. The Bertz CT molecular complexity index is 455. The molecule has 2 N–H and O–H groups in total. The fourth-order valence-electron chi connectivity index (χ4n) is 1.77. The summed E-state index contributed by atoms with van der Waals surface area (Å²) in [5, 5.41) is 5.67. The van der Waals surface area contributed by atoms with Gasteiger partial charge in [-0.1, -0.05) is 13.0 Å². The van der Waals surface area contributed by atoms with E-state index in [0.29, 0.717) is 18.0 Å². The Morgan fingerprint density at radius 2 is 1.77 bits per heavy atom. The lowest BCUT2D eigenvalue weighted by Gasteiger charge is -2.14. The van der Waals surface area contributed by atoms with E-state index in [1.54, 1.807) is 0 Å². The first-order valence-corrected chi connectivity index (χ1v) is 6.78. The summed E-state index contributed by atoms with van der Waals surface area (Å²) in [5.41, 5.74) is 0. The summed E-state index contributed by atoms with van der Waals surface area (Å²) in [6, 6.07) is -0.788. The van der Waals surface area contributed by atoms with Gasteiger partial charge in [0, 0.05) is 19.6 Å². The van der Waals surface area contributed by atoms with E-state index in [2.05, 4.69) is 17.2 Å². The summed E-state index contributed by atoms with van der Waals surface area (Å²) >= 11 is 0. The van der Waals surface area contributed by atoms with Crippen LogP contribution in [0, 0.1) is 0 Å². The zero-order chi connectivity index (χ0) is 15.8. The molecule has 1 aliphatic heterocycles. The van der Waals surface area contributed by atoms with Crippen molar-refractivity contribution in [3.8, 4) is 0 Å². The first-order valence-electron chi connectivity index (χ1n) is 6.78. The first-order chi connectivity index (χ1) is 10.0. The topological polar surface area (TPSA) is 98.8 Å². The number of amides is 5. The quantitative estimate of drug-likeness (QED) is 0.257. The number of carbonyl (C=O) groups excluding carboxylic acids is 4. The summed E-state index contributed by atoms with van der Waals surface area (Å²) in [4.78, 5) is 48.1. The van der Waals surface area contributed by atoms with Gasteiger partial charge in [0.05, 0.1) is 0 Å². The van der Waals surface area contributed by atoms with Crippen LogP contribution in [0.25, 0.3) is 0 Å². The third-order valence-corrected chi connectivity index (χ3v) is 2.80. The number of carbonyl (C=O) groups is 4. The predicted octanol–water partition coefficient (Wildman–Crippen LogP) is -0.499. The highest BCUT2D eigenvalue weighted by Gasteiger charge is 2.44. The highest BCUT2D eigenvalue weighted by molar-refractivity contribution is 6.45. The summed E-state index contributed by atoms with van der Waals surface area (Å²) in [6.45, 7) is 6.77. The lowest BCUT2D eigenvalue weighted by molar-refractivity contribution is -0.143. The molecule has 8 nitrogen and oxygen atoms in total. The number of nitrogens with zero attached hydrogens (tertiary/aromatic N) is 2. The van der Waals surface area contributed by atoms with Crippen molar-refractivity contribution >= 4 is 36.2 Å². The van der Waals surface area contributed by atoms with Crippen molar-refractivity contribution < 1.29 is 19.2 Å². The first kappa shape index (κ1) is 20.1. The molecule has 0 radical (unpaired) electrons. The van der Waals surface area contributed by atoms with Crippen LogP contribution in [-0.2, 0) is 14.4 Å². The second-order valence-corrected chi connectivity index (χ2v) is 4.48. The Labute approximate surface area is 135 Å². The van der Waals surface area contributed by atoms with E-state index < -0.39 is 30.3 Å². The van der Waals surface area contributed by atoms with Crippen LogP contribution in [0.4, 0.5) is 4.79 Å². The van der Waals surface area contributed by atoms with Crippen molar-refractivity contribution in [3.63, 3.8) is 0 Å². The molecule has 22 heavy (non-hydrogen) atoms. The molecule has 1 heterocycles. The number of hydrogen-bond donors (Lipinski definition) is 2. The zero-order valence-corrected chi connectivity index (χ0v) is 13.3. The average Bonchev–Trinajstić information content (AvgIpc) is 2.65. The maximum absolute atomic E-state index is 11.8. The van der Waals surface area contributed by atoms with Crippen LogP contribution in [-0.4, -0.2) is 66.3 Å². The van der Waals surface area contributed by atoms with Crippen molar-refractivity contribution in [3.05, 3.63) is 12.7 Å². The molecule has 0 atom stereocenters. The molecule has 124 valence electrons. The van der Waals surface area contributed by atoms with Gasteiger partial charge in [0.25, 0.3) is 0 Å². The van der Waals surface area contributed by atoms with Gasteiger partial charge in [0.2, 0.25) is 5.91 Å². The lowest BCUT2D eigenvalue weighted by atomic mass is 10.4. The molecule has 0 unspecified atom stereocenters. The van der Waals surface area contributed by atoms with Crippen LogP contribution in [0.5, 0.6) is 0 Å². The summed E-state index contributed by atoms with van der Waals surface area (Å²) in [6.07, 6.45) is 2.33. The maximum atomic E-state index is 11.8. The van der Waals surface area contributed by atoms with Gasteiger partial charge in [0.15, 0.2) is 0 Å². The molecule has 0 bridgehead atoms. The van der Waals surface area contributed by atoms with Crippen molar-refractivity contribution in [2.75, 3.05) is 32.7 Å². The maximum Gasteiger partial charge on any atom is 0.335 e. The largest absolute Gasteiger partial charge is 0.353 e. The predicted molar refractivity (Wildman–Crippen MR) is 82.4 cm³/mol. The molecule has 1 fully saturated rings. The average molecular weight is 333 g/mol. The SMILES string of the molecule is C=CCN1C(=O)C(=O)N(CC(=O)NCCNCCC)C1=O.Cl. The number of nitrogens with one attached hydrogen (secondary N) is 2. The molecular weight excluding hydrogens is 312 g/mol. The van der Waals surface area contributed by atoms with E-state index in [-0.39, 0.29) is 19.0 Å². The van der Waals surface area contributed by atoms with Crippen LogP contribution < -0.4 is 10.6 Å². The molecule has 1 rings (SSSR count). The highest BCUT2D eigenvalue weighted by Crippen LogP contribution is 2.11. The van der Waals surface area contributed by atoms with E-state index in [4.69, 9.17) is 0 Å². The fourth-order valence-corrected chi connectivity index (χ4v) is 1.77. The number of hydrogen-bond acceptors (Lipinski definition) is 5. The van der Waals surface area contributed by atoms with Gasteiger partial charge < -0.3 is 10.6 Å². The monoisotopic (exact) mass is 332 g/mol. The standard InChI is InChI=1S/C13H20N4O4.ClH/c1-3-5-14-6-7-15-10(18)9-17-12(20)11(19)16(8-4-2)13(17)21;/h4,14H,2-3,5-9H2,1H3,(H,15,18);1H. The third-order valence-electron chi connectivity index (χ3n) is 2.80. The number of rotatable bonds is 9. The summed E-state index contributed by atoms with van der Waals surface area (Å²) < 4.78 is 0. The van der Waals surface area contributed by atoms with E-state index in [1.165, 1.54) is 6.08 Å². The number of imide groups is 2. The minimum Gasteiger partial charge on any atom is -0.353 e. The van der Waals surface area contributed by atoms with Gasteiger partial charge >= 0.3 is 17.8 Å². The number of urea groups is 1. The third kappa shape index (κ3) is 5.12. The second-order valence-electron chi connectivity index (χ2n) is 4.48. The van der Waals surface area contributed by atoms with Crippen LogP contribution in [0.3, 0.4) is 0 Å². The van der Waals surface area contributed by atoms with E-state index in [1.807, 2.05) is 6.92 Å². The minimum absolute atomic E-state index is 0. The van der Waals surface area contributed by atoms with Gasteiger partial charge in [-0.15, -0.1) is 19.0 Å². The summed E-state index contributed by atoms with van der Waals surface area (Å²) in [7, 11) is 0. The Morgan fingerprint density at radius 1 is 1.14 bits per heavy atom. The molecule has 1 aliphatic rings. The minimum atomic E-state index is -0.985. The van der Waals surface area contributed by atoms with Crippen molar-refractivity contribution in [1.82, 2.24) is 20.4 Å². The highest BCUT2D eigenvalue weighted by atomic mass is 35.5. The van der Waals surface area contributed by atoms with Crippen molar-refractivity contribution in [1.29, 1.82) is 0 Å². The van der Waals surface area contributed by atoms with Crippen LogP contribution >= 0.6 is 12.4 Å². The Kier molecular flexibility index (Phi) is 9.04. The molecule has 0 saturated carbocycles. The summed E-state index contributed by atoms with van der Waals surface area (Å²) in [5.74, 6) is -2.40. The second kappa shape index (κ2) is 9.91. The van der Waals surface area contributed by atoms with Gasteiger partial charge in [-0.25, -0.2) is 9.69 Å². The van der Waals surface area contributed by atoms with E-state index >= 15 is 0 Å². The van der Waals surface area contributed by atoms with Crippen LogP contribution in [0.15, 0.2) is 12.7 Å². The normalized spacial score (nSPS) is 14.1.